The lowest BCUT2D eigenvalue weighted by Gasteiger charge is -2.04. The Labute approximate surface area is 159 Å². The van der Waals surface area contributed by atoms with Crippen molar-refractivity contribution < 1.29 is 4.79 Å². The van der Waals surface area contributed by atoms with Gasteiger partial charge in [0.2, 0.25) is 0 Å². The molecular formula is C18H15Cl2N3OS. The van der Waals surface area contributed by atoms with E-state index in [0.717, 1.165) is 29.0 Å². The van der Waals surface area contributed by atoms with Crippen LogP contribution in [-0.4, -0.2) is 15.9 Å². The summed E-state index contributed by atoms with van der Waals surface area (Å²) in [5.41, 5.74) is 1.94. The topological polar surface area (TPSA) is 54.9 Å². The lowest BCUT2D eigenvalue weighted by atomic mass is 10.1. The molecule has 0 radical (unpaired) electrons. The van der Waals surface area contributed by atoms with Gasteiger partial charge in [-0.05, 0) is 36.8 Å². The Bertz CT molecular complexity index is 897. The van der Waals surface area contributed by atoms with Gasteiger partial charge in [-0.15, -0.1) is 11.3 Å². The van der Waals surface area contributed by atoms with Crippen LogP contribution in [0.4, 0.5) is 5.13 Å². The summed E-state index contributed by atoms with van der Waals surface area (Å²) in [6.45, 7) is 2.10. The Balaban J connectivity index is 1.93. The fraction of sp³-hybridized carbons (Fsp3) is 0.167. The molecule has 1 amide bonds. The van der Waals surface area contributed by atoms with Gasteiger partial charge in [0, 0.05) is 21.7 Å². The molecule has 0 unspecified atom stereocenters. The van der Waals surface area contributed by atoms with Crippen molar-refractivity contribution in [3.8, 4) is 11.3 Å². The van der Waals surface area contributed by atoms with Crippen LogP contribution < -0.4 is 5.32 Å². The van der Waals surface area contributed by atoms with Crippen molar-refractivity contribution in [1.82, 2.24) is 9.97 Å². The van der Waals surface area contributed by atoms with Crippen LogP contribution in [0, 0.1) is 0 Å². The second kappa shape index (κ2) is 7.95. The van der Waals surface area contributed by atoms with Gasteiger partial charge in [-0.25, -0.2) is 4.98 Å². The lowest BCUT2D eigenvalue weighted by molar-refractivity contribution is 0.102. The third kappa shape index (κ3) is 4.18. The van der Waals surface area contributed by atoms with Crippen molar-refractivity contribution in [2.75, 3.05) is 5.32 Å². The fourth-order valence-electron chi connectivity index (χ4n) is 2.35. The van der Waals surface area contributed by atoms with E-state index >= 15 is 0 Å². The Kier molecular flexibility index (Phi) is 5.68. The quantitative estimate of drug-likeness (QED) is 0.605. The number of nitrogens with one attached hydrogen (secondary N) is 1. The number of aryl methyl sites for hydroxylation is 1. The summed E-state index contributed by atoms with van der Waals surface area (Å²) in [6.07, 6.45) is 3.40. The molecule has 3 rings (SSSR count). The number of carbonyl (C=O) groups is 1. The van der Waals surface area contributed by atoms with Crippen LogP contribution in [0.25, 0.3) is 11.3 Å². The minimum atomic E-state index is -0.286. The zero-order valence-corrected chi connectivity index (χ0v) is 15.8. The van der Waals surface area contributed by atoms with E-state index in [1.165, 1.54) is 11.3 Å². The SMILES string of the molecule is CCCc1sc(NC(=O)c2ccccn2)nc1-c1ccc(Cl)cc1Cl. The van der Waals surface area contributed by atoms with Crippen molar-refractivity contribution in [3.63, 3.8) is 0 Å². The summed E-state index contributed by atoms with van der Waals surface area (Å²) in [5, 5.41) is 4.46. The maximum absolute atomic E-state index is 12.3. The summed E-state index contributed by atoms with van der Waals surface area (Å²) in [7, 11) is 0. The van der Waals surface area contributed by atoms with Crippen LogP contribution in [0.5, 0.6) is 0 Å². The number of anilines is 1. The minimum absolute atomic E-state index is 0.286. The van der Waals surface area contributed by atoms with Crippen molar-refractivity contribution >= 4 is 45.6 Å². The molecule has 0 spiro atoms. The molecular weight excluding hydrogens is 377 g/mol. The number of hydrogen-bond acceptors (Lipinski definition) is 4. The third-order valence-corrected chi connectivity index (χ3v) is 5.06. The Hall–Kier alpha value is -1.95. The van der Waals surface area contributed by atoms with E-state index in [4.69, 9.17) is 23.2 Å². The molecule has 2 heterocycles. The third-order valence-electron chi connectivity index (χ3n) is 3.48. The zero-order valence-electron chi connectivity index (χ0n) is 13.4. The van der Waals surface area contributed by atoms with Gasteiger partial charge >= 0.3 is 0 Å². The van der Waals surface area contributed by atoms with Gasteiger partial charge in [-0.2, -0.15) is 0 Å². The number of amides is 1. The highest BCUT2D eigenvalue weighted by molar-refractivity contribution is 7.16. The largest absolute Gasteiger partial charge is 0.296 e. The van der Waals surface area contributed by atoms with Gasteiger partial charge in [-0.1, -0.05) is 42.6 Å². The lowest BCUT2D eigenvalue weighted by Crippen LogP contribution is -2.13. The molecule has 0 saturated heterocycles. The normalized spacial score (nSPS) is 10.7. The molecule has 0 aliphatic rings. The van der Waals surface area contributed by atoms with E-state index in [9.17, 15) is 4.79 Å². The number of nitrogens with zero attached hydrogens (tertiary/aromatic N) is 2. The molecule has 4 nitrogen and oxygen atoms in total. The number of halogens is 2. The first-order chi connectivity index (χ1) is 12.1. The Morgan fingerprint density at radius 1 is 1.24 bits per heavy atom. The van der Waals surface area contributed by atoms with E-state index in [1.54, 1.807) is 36.5 Å². The van der Waals surface area contributed by atoms with Crippen molar-refractivity contribution in [1.29, 1.82) is 0 Å². The predicted molar refractivity (Wildman–Crippen MR) is 104 cm³/mol. The van der Waals surface area contributed by atoms with Crippen molar-refractivity contribution in [2.24, 2.45) is 0 Å². The molecule has 25 heavy (non-hydrogen) atoms. The van der Waals surface area contributed by atoms with E-state index in [1.807, 2.05) is 6.07 Å². The molecule has 0 fully saturated rings. The number of rotatable bonds is 5. The summed E-state index contributed by atoms with van der Waals surface area (Å²) in [5.74, 6) is -0.286. The molecule has 0 saturated carbocycles. The maximum Gasteiger partial charge on any atom is 0.276 e. The molecule has 0 aliphatic carbocycles. The molecule has 0 aliphatic heterocycles. The Morgan fingerprint density at radius 2 is 2.08 bits per heavy atom. The number of thiazole rings is 1. The summed E-state index contributed by atoms with van der Waals surface area (Å²) in [6, 6.07) is 10.5. The van der Waals surface area contributed by atoms with E-state index in [0.29, 0.717) is 20.9 Å². The average molecular weight is 392 g/mol. The molecule has 0 atom stereocenters. The summed E-state index contributed by atoms with van der Waals surface area (Å²) >= 11 is 13.8. The fourth-order valence-corrected chi connectivity index (χ4v) is 3.92. The molecule has 2 aromatic heterocycles. The van der Waals surface area contributed by atoms with Crippen LogP contribution in [0.1, 0.15) is 28.7 Å². The standard InChI is InChI=1S/C18H15Cl2N3OS/c1-2-5-15-16(12-8-7-11(19)10-13(12)20)22-18(25-15)23-17(24)14-6-3-4-9-21-14/h3-4,6-10H,2,5H2,1H3,(H,22,23,24). The van der Waals surface area contributed by atoms with E-state index in [2.05, 4.69) is 22.2 Å². The number of aromatic nitrogens is 2. The van der Waals surface area contributed by atoms with Gasteiger partial charge < -0.3 is 0 Å². The summed E-state index contributed by atoms with van der Waals surface area (Å²) in [4.78, 5) is 22.0. The van der Waals surface area contributed by atoms with Crippen LogP contribution in [0.2, 0.25) is 10.0 Å². The minimum Gasteiger partial charge on any atom is -0.296 e. The van der Waals surface area contributed by atoms with Gasteiger partial charge in [-0.3, -0.25) is 15.1 Å². The van der Waals surface area contributed by atoms with Gasteiger partial charge in [0.05, 0.1) is 10.7 Å². The van der Waals surface area contributed by atoms with Gasteiger partial charge in [0.25, 0.3) is 5.91 Å². The van der Waals surface area contributed by atoms with Crippen LogP contribution in [0.3, 0.4) is 0 Å². The number of hydrogen-bond donors (Lipinski definition) is 1. The predicted octanol–water partition coefficient (Wildman–Crippen LogP) is 5.72. The number of pyridine rings is 1. The highest BCUT2D eigenvalue weighted by Gasteiger charge is 2.17. The van der Waals surface area contributed by atoms with Crippen LogP contribution in [0.15, 0.2) is 42.6 Å². The second-order valence-electron chi connectivity index (χ2n) is 5.33. The van der Waals surface area contributed by atoms with Crippen LogP contribution >= 0.6 is 34.5 Å². The smallest absolute Gasteiger partial charge is 0.276 e. The molecule has 0 bridgehead atoms. The monoisotopic (exact) mass is 391 g/mol. The molecule has 3 aromatic rings. The molecule has 1 aromatic carbocycles. The van der Waals surface area contributed by atoms with Gasteiger partial charge in [0.15, 0.2) is 5.13 Å². The molecule has 7 heteroatoms. The van der Waals surface area contributed by atoms with E-state index < -0.39 is 0 Å². The maximum atomic E-state index is 12.3. The highest BCUT2D eigenvalue weighted by Crippen LogP contribution is 2.37. The van der Waals surface area contributed by atoms with Crippen LogP contribution in [-0.2, 0) is 6.42 Å². The van der Waals surface area contributed by atoms with Gasteiger partial charge in [0.1, 0.15) is 5.69 Å². The zero-order chi connectivity index (χ0) is 17.8. The first-order valence-corrected chi connectivity index (χ1v) is 9.33. The highest BCUT2D eigenvalue weighted by atomic mass is 35.5. The number of benzene rings is 1. The number of carbonyl (C=O) groups excluding carboxylic acids is 1. The van der Waals surface area contributed by atoms with E-state index in [-0.39, 0.29) is 5.91 Å². The second-order valence-corrected chi connectivity index (χ2v) is 7.26. The Morgan fingerprint density at radius 3 is 2.76 bits per heavy atom. The van der Waals surface area contributed by atoms with Crippen molar-refractivity contribution in [3.05, 3.63) is 63.2 Å². The molecule has 1 N–H and O–H groups in total. The first kappa shape index (κ1) is 17.9. The first-order valence-electron chi connectivity index (χ1n) is 7.76. The van der Waals surface area contributed by atoms with Crippen molar-refractivity contribution in [2.45, 2.75) is 19.8 Å². The molecule has 128 valence electrons. The summed E-state index contributed by atoms with van der Waals surface area (Å²) < 4.78 is 0. The average Bonchev–Trinajstić information content (AvgIpc) is 2.98.